The summed E-state index contributed by atoms with van der Waals surface area (Å²) in [7, 11) is 19.9. The Bertz CT molecular complexity index is 7380. The van der Waals surface area contributed by atoms with Gasteiger partial charge in [0, 0.05) is 178 Å². The zero-order valence-electron chi connectivity index (χ0n) is 86.0. The van der Waals surface area contributed by atoms with Crippen LogP contribution in [-0.2, 0) is 58.4 Å². The number of fused-ring (bicyclic) bond motifs is 23. The minimum atomic E-state index is -0.0486. The number of ether oxygens (including phenoxy) is 3. The first-order chi connectivity index (χ1) is 67.8. The molecule has 0 radical (unpaired) electrons. The van der Waals surface area contributed by atoms with E-state index in [1.54, 1.807) is 62.9 Å². The van der Waals surface area contributed by atoms with Crippen molar-refractivity contribution in [3.8, 4) is 17.2 Å². The SMILES string of the molecule is C=C1CCc2c1ccc1c2c2cc(C(C)=O)c(OC)cc2n1CCCN(C)C.C=C1CCc2c1ccc1c2c2cc(C(C)=O)ccc2n1CCC1CCCN1C.C=C1CCc2c1ccc1c2c2cc(C(C)=O)ccc2n1CCCN(C)C.C=C1CCc2c1ccc1c2c2cc(C(C)=O)ccc2n1CC[C@@H]1CCCN1C.COc1cc2c(cc1C(C)=O)c1cc(C(C)=O)c(OC)cc1n2CCC1CCCN1C. The molecule has 732 valence electrons. The molecule has 15 aromatic rings. The van der Waals surface area contributed by atoms with Gasteiger partial charge in [0.25, 0.3) is 0 Å². The first-order valence-corrected chi connectivity index (χ1v) is 51.1. The van der Waals surface area contributed by atoms with Crippen molar-refractivity contribution >= 4 is 166 Å². The maximum absolute atomic E-state index is 12.3. The summed E-state index contributed by atoms with van der Waals surface area (Å²) in [5, 5.41) is 12.0. The molecule has 141 heavy (non-hydrogen) atoms. The minimum absolute atomic E-state index is 0.0317. The van der Waals surface area contributed by atoms with Gasteiger partial charge in [0.1, 0.15) is 17.2 Å². The van der Waals surface area contributed by atoms with Crippen LogP contribution < -0.4 is 14.2 Å². The number of methoxy groups -OCH3 is 3. The van der Waals surface area contributed by atoms with E-state index in [1.807, 2.05) is 54.6 Å². The van der Waals surface area contributed by atoms with Crippen LogP contribution in [0.3, 0.4) is 0 Å². The fourth-order valence-corrected chi connectivity index (χ4v) is 24.4. The Labute approximate surface area is 830 Å². The van der Waals surface area contributed by atoms with E-state index in [-0.39, 0.29) is 34.7 Å². The highest BCUT2D eigenvalue weighted by molar-refractivity contribution is 6.19. The second-order valence-electron chi connectivity index (χ2n) is 41.4. The molecule has 7 aliphatic rings. The molecule has 4 aliphatic carbocycles. The first-order valence-electron chi connectivity index (χ1n) is 51.1. The third-order valence-electron chi connectivity index (χ3n) is 32.0. The molecule has 3 saturated heterocycles. The van der Waals surface area contributed by atoms with E-state index in [9.17, 15) is 28.8 Å². The number of carbonyl (C=O) groups excluding carboxylic acids is 6. The fraction of sp³-hybridized carbons (Fsp3) is 0.393. The second kappa shape index (κ2) is 41.1. The standard InChI is InChI=1S/C25H30N2O4.2C25H28N2O.C24H28N2O2.C23H26N2O/c1-15(28)18-11-20-21-12-19(16(2)29)25(31-5)14-23(21)27(22(20)13-24(18)30-4)10-8-17-7-6-9-26(17)3;2*1-16-6-8-21-20(16)9-11-24-25(21)22-15-18(17(2)28)7-10-23(22)27(24)14-12-19-5-4-13-26(19)3;1-15-7-8-18-17(15)9-10-21-24(18)20-13-19(16(2)27)23(28-5)14-22(20)26(21)12-6-11-25(3)4;1-15-6-8-19-18(15)9-11-22-23(19)20-14-17(16(2)26)7-10-21(20)25(22)13-5-12-24(3)4/h11-14,17H,6-10H2,1-5H3;2*7,9-11,15,19H,1,4-6,8,12-14H2,2-3H3;9-10,13-14H,1,6-8,11-12H2,2-5H3;7,9-11,14H,1,5-6,8,12-13H2,2-4H3/t;19-;;;/m.0.../s1. The zero-order chi connectivity index (χ0) is 99.5. The van der Waals surface area contributed by atoms with Gasteiger partial charge in [-0.15, -0.1) is 0 Å². The summed E-state index contributed by atoms with van der Waals surface area (Å²) in [6, 6.07) is 50.3. The Hall–Kier alpha value is -12.6. The number of hydrogen-bond donors (Lipinski definition) is 0. The Morgan fingerprint density at radius 3 is 0.809 bits per heavy atom. The largest absolute Gasteiger partial charge is 0.496 e. The van der Waals surface area contributed by atoms with Crippen molar-refractivity contribution in [3.05, 3.63) is 244 Å². The molecule has 0 amide bonds. The summed E-state index contributed by atoms with van der Waals surface area (Å²) in [4.78, 5) is 84.6. The smallest absolute Gasteiger partial charge is 0.163 e. The van der Waals surface area contributed by atoms with Gasteiger partial charge in [0.2, 0.25) is 0 Å². The quantitative estimate of drug-likeness (QED) is 0.0469. The van der Waals surface area contributed by atoms with Crippen LogP contribution in [-0.4, -0.2) is 204 Å². The predicted octanol–water partition coefficient (Wildman–Crippen LogP) is 25.4. The molecular weight excluding hydrogens is 1750 g/mol. The molecule has 3 fully saturated rings. The van der Waals surface area contributed by atoms with Crippen LogP contribution in [0.5, 0.6) is 17.2 Å². The molecule has 2 unspecified atom stereocenters. The van der Waals surface area contributed by atoms with Crippen LogP contribution in [0, 0.1) is 0 Å². The molecule has 19 heteroatoms. The van der Waals surface area contributed by atoms with Crippen LogP contribution in [0.4, 0.5) is 0 Å². The van der Waals surface area contributed by atoms with Gasteiger partial charge in [-0.3, -0.25) is 28.8 Å². The molecule has 8 heterocycles. The van der Waals surface area contributed by atoms with Crippen LogP contribution in [0.15, 0.2) is 166 Å². The summed E-state index contributed by atoms with van der Waals surface area (Å²) in [6.45, 7) is 37.1. The lowest BCUT2D eigenvalue weighted by molar-refractivity contribution is 0.100. The lowest BCUT2D eigenvalue weighted by Crippen LogP contribution is -2.26. The molecule has 10 aromatic carbocycles. The Balaban J connectivity index is 0.000000117. The molecule has 0 bridgehead atoms. The molecule has 19 nitrogen and oxygen atoms in total. The number of nitrogens with zero attached hydrogens (tertiary/aromatic N) is 10. The second-order valence-corrected chi connectivity index (χ2v) is 41.4. The number of benzene rings is 10. The van der Waals surface area contributed by atoms with Gasteiger partial charge in [0.05, 0.1) is 54.6 Å². The number of hydrogen-bond acceptors (Lipinski definition) is 14. The van der Waals surface area contributed by atoms with Gasteiger partial charge in [-0.1, -0.05) is 50.6 Å². The van der Waals surface area contributed by atoms with E-state index < -0.39 is 0 Å². The number of aromatic nitrogens is 5. The van der Waals surface area contributed by atoms with E-state index in [0.717, 1.165) is 172 Å². The molecule has 3 atom stereocenters. The van der Waals surface area contributed by atoms with Gasteiger partial charge >= 0.3 is 0 Å². The maximum atomic E-state index is 12.3. The van der Waals surface area contributed by atoms with E-state index in [1.165, 1.54) is 208 Å². The lowest BCUT2D eigenvalue weighted by Gasteiger charge is -2.20. The molecule has 22 rings (SSSR count). The maximum Gasteiger partial charge on any atom is 0.163 e. The summed E-state index contributed by atoms with van der Waals surface area (Å²) in [5.74, 6) is 2.11. The Morgan fingerprint density at radius 1 is 0.305 bits per heavy atom. The van der Waals surface area contributed by atoms with Gasteiger partial charge in [-0.2, -0.15) is 0 Å². The number of aryl methyl sites for hydroxylation is 9. The van der Waals surface area contributed by atoms with Gasteiger partial charge in [0.15, 0.2) is 34.7 Å². The molecule has 0 N–H and O–H groups in total. The lowest BCUT2D eigenvalue weighted by atomic mass is 10.00. The third-order valence-corrected chi connectivity index (χ3v) is 32.0. The third kappa shape index (κ3) is 18.9. The van der Waals surface area contributed by atoms with Gasteiger partial charge in [-0.05, 0) is 409 Å². The van der Waals surface area contributed by atoms with Crippen LogP contribution in [0.25, 0.3) is 131 Å². The van der Waals surface area contributed by atoms with Crippen LogP contribution in [0.1, 0.15) is 245 Å². The molecule has 3 aliphatic heterocycles. The Kier molecular flexibility index (Phi) is 28.8. The van der Waals surface area contributed by atoms with E-state index in [0.29, 0.717) is 52.1 Å². The summed E-state index contributed by atoms with van der Waals surface area (Å²) in [5.41, 5.74) is 31.9. The highest BCUT2D eigenvalue weighted by Crippen LogP contribution is 2.49. The average molecular weight is 1890 g/mol. The van der Waals surface area contributed by atoms with Gasteiger partial charge < -0.3 is 61.5 Å². The number of carbonyl (C=O) groups is 6. The summed E-state index contributed by atoms with van der Waals surface area (Å²) in [6.07, 6.45) is 21.5. The predicted molar refractivity (Wildman–Crippen MR) is 583 cm³/mol. The van der Waals surface area contributed by atoms with Crippen molar-refractivity contribution in [2.24, 2.45) is 0 Å². The van der Waals surface area contributed by atoms with Crippen LogP contribution >= 0.6 is 0 Å². The number of Topliss-reactive ketones (excluding diaryl/α,β-unsaturated/α-hetero) is 6. The highest BCUT2D eigenvalue weighted by atomic mass is 16.5. The zero-order valence-corrected chi connectivity index (χ0v) is 86.0. The summed E-state index contributed by atoms with van der Waals surface area (Å²) >= 11 is 0. The topological polar surface area (TPSA) is 171 Å². The average Bonchev–Trinajstić information content (AvgIpc) is 1.59. The molecule has 0 spiro atoms. The van der Waals surface area contributed by atoms with Crippen molar-refractivity contribution in [2.45, 2.75) is 214 Å². The number of rotatable bonds is 26. The number of ketones is 6. The minimum Gasteiger partial charge on any atom is -0.496 e. The van der Waals surface area contributed by atoms with Gasteiger partial charge in [-0.25, -0.2) is 0 Å². The van der Waals surface area contributed by atoms with E-state index in [4.69, 9.17) is 14.2 Å². The van der Waals surface area contributed by atoms with E-state index in [2.05, 4.69) is 208 Å². The molecule has 0 saturated carbocycles. The molecular formula is C122H140N10O9. The van der Waals surface area contributed by atoms with Crippen molar-refractivity contribution in [3.63, 3.8) is 0 Å². The molecule has 5 aromatic heterocycles. The van der Waals surface area contributed by atoms with Crippen molar-refractivity contribution < 1.29 is 43.0 Å². The number of allylic oxidation sites excluding steroid dienone is 4. The number of likely N-dealkylation sites (tertiary alicyclic amines) is 3. The van der Waals surface area contributed by atoms with Crippen molar-refractivity contribution in [1.29, 1.82) is 0 Å². The first kappa shape index (κ1) is 98.6. The fourth-order valence-electron chi connectivity index (χ4n) is 24.4. The van der Waals surface area contributed by atoms with Crippen LogP contribution in [0.2, 0.25) is 0 Å². The Morgan fingerprint density at radius 2 is 0.553 bits per heavy atom. The van der Waals surface area contributed by atoms with Crippen molar-refractivity contribution in [1.82, 2.24) is 47.3 Å². The summed E-state index contributed by atoms with van der Waals surface area (Å²) < 4.78 is 28.7. The monoisotopic (exact) mass is 1890 g/mol. The van der Waals surface area contributed by atoms with E-state index >= 15 is 0 Å². The highest BCUT2D eigenvalue weighted by Gasteiger charge is 2.33. The normalized spacial score (nSPS) is 16.9. The van der Waals surface area contributed by atoms with Crippen molar-refractivity contribution in [2.75, 3.05) is 103 Å².